The molecule has 0 spiro atoms. The van der Waals surface area contributed by atoms with Gasteiger partial charge in [0.1, 0.15) is 0 Å². The van der Waals surface area contributed by atoms with Crippen LogP contribution in [0, 0.1) is 0 Å². The van der Waals surface area contributed by atoms with Crippen LogP contribution in [0.1, 0.15) is 57.6 Å². The van der Waals surface area contributed by atoms with Crippen LogP contribution >= 0.6 is 0 Å². The molecule has 0 radical (unpaired) electrons. The van der Waals surface area contributed by atoms with Crippen molar-refractivity contribution in [1.29, 1.82) is 0 Å². The Morgan fingerprint density at radius 2 is 1.80 bits per heavy atom. The molecule has 1 aromatic carbocycles. The van der Waals surface area contributed by atoms with E-state index < -0.39 is 5.97 Å². The van der Waals surface area contributed by atoms with E-state index in [9.17, 15) is 14.7 Å². The molecule has 0 saturated carbocycles. The molecule has 1 N–H and O–H groups in total. The minimum Gasteiger partial charge on any atom is -0.478 e. The third kappa shape index (κ3) is 4.29. The summed E-state index contributed by atoms with van der Waals surface area (Å²) in [7, 11) is 3.40. The highest BCUT2D eigenvalue weighted by atomic mass is 16.4. The molecule has 6 nitrogen and oxygen atoms in total. The molecule has 130 valence electrons. The summed E-state index contributed by atoms with van der Waals surface area (Å²) in [5.41, 5.74) is 1.92. The Labute approximate surface area is 146 Å². The Morgan fingerprint density at radius 1 is 1.12 bits per heavy atom. The van der Waals surface area contributed by atoms with Crippen LogP contribution in [0.25, 0.3) is 12.2 Å². The minimum atomic E-state index is -1.04. The number of carboxylic acid groups (broad SMARTS) is 1. The molecule has 0 unspecified atom stereocenters. The van der Waals surface area contributed by atoms with Crippen LogP contribution in [-0.2, 0) is 0 Å². The highest BCUT2D eigenvalue weighted by Crippen LogP contribution is 2.18. The fourth-order valence-electron chi connectivity index (χ4n) is 2.34. The molecule has 0 bridgehead atoms. The zero-order valence-corrected chi connectivity index (χ0v) is 14.7. The van der Waals surface area contributed by atoms with Crippen molar-refractivity contribution >= 4 is 24.0 Å². The normalized spacial score (nSPS) is 11.1. The summed E-state index contributed by atoms with van der Waals surface area (Å²) >= 11 is 0. The maximum atomic E-state index is 12.2. The number of aromatic carboxylic acids is 1. The SMILES string of the molecule is CC(C)c1nc(/C=C/c2ccccc2C(=O)N(C)C)ncc1C(=O)O. The molecule has 1 amide bonds. The van der Waals surface area contributed by atoms with Gasteiger partial charge in [-0.05, 0) is 23.6 Å². The van der Waals surface area contributed by atoms with Crippen molar-refractivity contribution < 1.29 is 14.7 Å². The van der Waals surface area contributed by atoms with Crippen molar-refractivity contribution in [1.82, 2.24) is 14.9 Å². The van der Waals surface area contributed by atoms with Gasteiger partial charge in [0.2, 0.25) is 0 Å². The number of carbonyl (C=O) groups excluding carboxylic acids is 1. The van der Waals surface area contributed by atoms with E-state index in [4.69, 9.17) is 0 Å². The van der Waals surface area contributed by atoms with Crippen LogP contribution in [0.5, 0.6) is 0 Å². The van der Waals surface area contributed by atoms with Crippen molar-refractivity contribution in [3.63, 3.8) is 0 Å². The average Bonchev–Trinajstić information content (AvgIpc) is 2.59. The Balaban J connectivity index is 2.39. The highest BCUT2D eigenvalue weighted by molar-refractivity contribution is 5.98. The maximum absolute atomic E-state index is 12.2. The van der Waals surface area contributed by atoms with Crippen molar-refractivity contribution in [2.75, 3.05) is 14.1 Å². The van der Waals surface area contributed by atoms with Gasteiger partial charge in [0.15, 0.2) is 5.82 Å². The monoisotopic (exact) mass is 339 g/mol. The second-order valence-electron chi connectivity index (χ2n) is 6.11. The number of amides is 1. The number of carbonyl (C=O) groups is 2. The lowest BCUT2D eigenvalue weighted by Gasteiger charge is -2.12. The van der Waals surface area contributed by atoms with Crippen LogP contribution in [0.15, 0.2) is 30.5 Å². The van der Waals surface area contributed by atoms with Crippen LogP contribution in [0.3, 0.4) is 0 Å². The van der Waals surface area contributed by atoms with Crippen molar-refractivity contribution in [2.45, 2.75) is 19.8 Å². The van der Waals surface area contributed by atoms with Gasteiger partial charge in [-0.3, -0.25) is 4.79 Å². The Morgan fingerprint density at radius 3 is 2.40 bits per heavy atom. The van der Waals surface area contributed by atoms with Gasteiger partial charge in [-0.25, -0.2) is 14.8 Å². The fraction of sp³-hybridized carbons (Fsp3) is 0.263. The number of aromatic nitrogens is 2. The van der Waals surface area contributed by atoms with Crippen LogP contribution in [-0.4, -0.2) is 45.9 Å². The molecule has 0 aliphatic heterocycles. The summed E-state index contributed by atoms with van der Waals surface area (Å²) in [6, 6.07) is 7.25. The fourth-order valence-corrected chi connectivity index (χ4v) is 2.34. The van der Waals surface area contributed by atoms with Gasteiger partial charge in [-0.15, -0.1) is 0 Å². The van der Waals surface area contributed by atoms with E-state index in [-0.39, 0.29) is 17.4 Å². The maximum Gasteiger partial charge on any atom is 0.339 e. The van der Waals surface area contributed by atoms with Gasteiger partial charge in [0.25, 0.3) is 5.91 Å². The quantitative estimate of drug-likeness (QED) is 0.904. The molecular weight excluding hydrogens is 318 g/mol. The van der Waals surface area contributed by atoms with Crippen LogP contribution in [0.2, 0.25) is 0 Å². The van der Waals surface area contributed by atoms with Gasteiger partial charge in [-0.2, -0.15) is 0 Å². The van der Waals surface area contributed by atoms with Crippen LogP contribution in [0.4, 0.5) is 0 Å². The topological polar surface area (TPSA) is 83.4 Å². The first kappa shape index (κ1) is 18.3. The lowest BCUT2D eigenvalue weighted by molar-refractivity contribution is 0.0693. The van der Waals surface area contributed by atoms with Gasteiger partial charge >= 0.3 is 5.97 Å². The second kappa shape index (κ2) is 7.70. The molecule has 0 saturated heterocycles. The van der Waals surface area contributed by atoms with Gasteiger partial charge in [-0.1, -0.05) is 38.1 Å². The first-order valence-electron chi connectivity index (χ1n) is 7.90. The van der Waals surface area contributed by atoms with Gasteiger partial charge < -0.3 is 10.0 Å². The lowest BCUT2D eigenvalue weighted by Crippen LogP contribution is -2.22. The summed E-state index contributed by atoms with van der Waals surface area (Å²) in [5.74, 6) is -0.768. The smallest absolute Gasteiger partial charge is 0.339 e. The molecule has 1 aromatic heterocycles. The van der Waals surface area contributed by atoms with E-state index in [0.717, 1.165) is 5.56 Å². The predicted octanol–water partition coefficient (Wildman–Crippen LogP) is 3.17. The summed E-state index contributed by atoms with van der Waals surface area (Å²) in [6.07, 6.45) is 4.76. The molecule has 0 aliphatic rings. The molecule has 25 heavy (non-hydrogen) atoms. The number of nitrogens with zero attached hydrogens (tertiary/aromatic N) is 3. The summed E-state index contributed by atoms with van der Waals surface area (Å²) < 4.78 is 0. The van der Waals surface area contributed by atoms with Crippen molar-refractivity contribution in [2.24, 2.45) is 0 Å². The zero-order valence-electron chi connectivity index (χ0n) is 14.7. The van der Waals surface area contributed by atoms with E-state index in [1.54, 1.807) is 32.3 Å². The summed E-state index contributed by atoms with van der Waals surface area (Å²) in [5, 5.41) is 9.22. The molecule has 0 aliphatic carbocycles. The largest absolute Gasteiger partial charge is 0.478 e. The lowest BCUT2D eigenvalue weighted by atomic mass is 10.0. The number of hydrogen-bond acceptors (Lipinski definition) is 4. The molecule has 1 heterocycles. The molecule has 2 aromatic rings. The third-order valence-corrected chi connectivity index (χ3v) is 3.62. The third-order valence-electron chi connectivity index (χ3n) is 3.62. The average molecular weight is 339 g/mol. The molecular formula is C19H21N3O3. The molecule has 0 atom stereocenters. The van der Waals surface area contributed by atoms with Gasteiger partial charge in [0.05, 0.1) is 11.3 Å². The number of rotatable bonds is 5. The van der Waals surface area contributed by atoms with E-state index in [0.29, 0.717) is 17.1 Å². The number of hydrogen-bond donors (Lipinski definition) is 1. The Bertz CT molecular complexity index is 826. The first-order chi connectivity index (χ1) is 11.8. The Hall–Kier alpha value is -3.02. The van der Waals surface area contributed by atoms with Gasteiger partial charge in [0, 0.05) is 25.9 Å². The molecule has 0 fully saturated rings. The Kier molecular flexibility index (Phi) is 5.64. The van der Waals surface area contributed by atoms with E-state index in [1.807, 2.05) is 32.0 Å². The first-order valence-corrected chi connectivity index (χ1v) is 7.90. The minimum absolute atomic E-state index is 0.0381. The molecule has 6 heteroatoms. The number of benzene rings is 1. The number of carboxylic acids is 1. The predicted molar refractivity (Wildman–Crippen MR) is 96.5 cm³/mol. The second-order valence-corrected chi connectivity index (χ2v) is 6.11. The summed E-state index contributed by atoms with van der Waals surface area (Å²) in [4.78, 5) is 33.4. The van der Waals surface area contributed by atoms with Crippen molar-refractivity contribution in [3.8, 4) is 0 Å². The van der Waals surface area contributed by atoms with Crippen LogP contribution < -0.4 is 0 Å². The highest BCUT2D eigenvalue weighted by Gasteiger charge is 2.16. The van der Waals surface area contributed by atoms with E-state index >= 15 is 0 Å². The van der Waals surface area contributed by atoms with Crippen molar-refractivity contribution in [3.05, 3.63) is 58.7 Å². The zero-order chi connectivity index (χ0) is 18.6. The summed E-state index contributed by atoms with van der Waals surface area (Å²) in [6.45, 7) is 3.76. The van der Waals surface area contributed by atoms with E-state index in [1.165, 1.54) is 11.1 Å². The molecule has 2 rings (SSSR count). The van der Waals surface area contributed by atoms with E-state index in [2.05, 4.69) is 9.97 Å². The standard InChI is InChI=1S/C19H21N3O3/c1-12(2)17-15(19(24)25)11-20-16(21-17)10-9-13-7-5-6-8-14(13)18(23)22(3)4/h5-12H,1-4H3,(H,24,25)/b10-9+.